The molecule has 1 aromatic carbocycles. The van der Waals surface area contributed by atoms with E-state index in [0.717, 1.165) is 57.1 Å². The highest BCUT2D eigenvalue weighted by Crippen LogP contribution is 2.40. The summed E-state index contributed by atoms with van der Waals surface area (Å²) in [7, 11) is 3.39. The van der Waals surface area contributed by atoms with E-state index in [1.807, 2.05) is 6.07 Å². The predicted octanol–water partition coefficient (Wildman–Crippen LogP) is 4.97. The van der Waals surface area contributed by atoms with Crippen LogP contribution in [0, 0.1) is 5.92 Å². The van der Waals surface area contributed by atoms with E-state index in [0.29, 0.717) is 35.1 Å². The van der Waals surface area contributed by atoms with E-state index >= 15 is 0 Å². The van der Waals surface area contributed by atoms with Gasteiger partial charge in [-0.2, -0.15) is 4.98 Å². The number of likely N-dealkylation sites (tertiary alicyclic amines) is 1. The van der Waals surface area contributed by atoms with Gasteiger partial charge in [0.05, 0.1) is 19.0 Å². The van der Waals surface area contributed by atoms with E-state index in [2.05, 4.69) is 53.1 Å². The molecule has 0 spiro atoms. The molecule has 10 nitrogen and oxygen atoms in total. The maximum absolute atomic E-state index is 13.5. The SMILES string of the molecule is CC[C@@H]1C(=O)N(C)c2cnc(Nc3ccc(C(=O)NC4CCC(C)CC4)cc3OC)nc2N1C(C)(C)CN1CCCC1. The first-order valence-corrected chi connectivity index (χ1v) is 15.5. The lowest BCUT2D eigenvalue weighted by atomic mass is 9.87. The van der Waals surface area contributed by atoms with E-state index in [1.165, 1.54) is 12.8 Å². The number of benzene rings is 1. The van der Waals surface area contributed by atoms with Crippen molar-refractivity contribution in [1.29, 1.82) is 0 Å². The first-order chi connectivity index (χ1) is 20.1. The minimum atomic E-state index is -0.328. The van der Waals surface area contributed by atoms with Gasteiger partial charge in [0.1, 0.15) is 17.5 Å². The molecule has 228 valence electrons. The summed E-state index contributed by atoms with van der Waals surface area (Å²) in [5.74, 6) is 2.38. The van der Waals surface area contributed by atoms with Crippen LogP contribution in [-0.2, 0) is 4.79 Å². The van der Waals surface area contributed by atoms with E-state index in [9.17, 15) is 9.59 Å². The Kier molecular flexibility index (Phi) is 8.92. The number of carbonyl (C=O) groups is 2. The largest absolute Gasteiger partial charge is 0.495 e. The number of methoxy groups -OCH3 is 1. The molecule has 1 aromatic heterocycles. The van der Waals surface area contributed by atoms with Gasteiger partial charge in [0.15, 0.2) is 5.82 Å². The monoisotopic (exact) mass is 577 g/mol. The van der Waals surface area contributed by atoms with Gasteiger partial charge in [-0.3, -0.25) is 9.59 Å². The molecule has 2 N–H and O–H groups in total. The van der Waals surface area contributed by atoms with Crippen LogP contribution in [0.5, 0.6) is 5.75 Å². The smallest absolute Gasteiger partial charge is 0.251 e. The average Bonchev–Trinajstić information content (AvgIpc) is 3.48. The number of fused-ring (bicyclic) bond motifs is 1. The summed E-state index contributed by atoms with van der Waals surface area (Å²) in [4.78, 5) is 42.4. The Hall–Kier alpha value is -3.40. The zero-order valence-electron chi connectivity index (χ0n) is 26.1. The summed E-state index contributed by atoms with van der Waals surface area (Å²) in [6.45, 7) is 11.7. The number of nitrogens with one attached hydrogen (secondary N) is 2. The van der Waals surface area contributed by atoms with Crippen molar-refractivity contribution < 1.29 is 14.3 Å². The van der Waals surface area contributed by atoms with Crippen LogP contribution in [0.3, 0.4) is 0 Å². The molecule has 1 atom stereocenters. The van der Waals surface area contributed by atoms with Gasteiger partial charge in [-0.1, -0.05) is 13.8 Å². The summed E-state index contributed by atoms with van der Waals surface area (Å²) in [5.41, 5.74) is 1.59. The number of nitrogens with zero attached hydrogens (tertiary/aromatic N) is 5. The number of amides is 2. The van der Waals surface area contributed by atoms with Crippen molar-refractivity contribution in [3.8, 4) is 5.75 Å². The second-order valence-electron chi connectivity index (χ2n) is 12.9. The lowest BCUT2D eigenvalue weighted by Crippen LogP contribution is -2.62. The highest BCUT2D eigenvalue weighted by atomic mass is 16.5. The van der Waals surface area contributed by atoms with Crippen molar-refractivity contribution in [2.75, 3.05) is 48.9 Å². The van der Waals surface area contributed by atoms with Crippen LogP contribution in [-0.4, -0.2) is 78.1 Å². The average molecular weight is 578 g/mol. The Labute approximate surface area is 250 Å². The number of hydrogen-bond acceptors (Lipinski definition) is 8. The quantitative estimate of drug-likeness (QED) is 0.431. The topological polar surface area (TPSA) is 103 Å². The number of likely N-dealkylation sites (N-methyl/N-ethyl adjacent to an activating group) is 1. The van der Waals surface area contributed by atoms with Crippen LogP contribution in [0.25, 0.3) is 0 Å². The molecule has 2 fully saturated rings. The van der Waals surface area contributed by atoms with Gasteiger partial charge in [0.25, 0.3) is 5.91 Å². The summed E-state index contributed by atoms with van der Waals surface area (Å²) >= 11 is 0. The van der Waals surface area contributed by atoms with E-state index < -0.39 is 0 Å². The van der Waals surface area contributed by atoms with Gasteiger partial charge in [0, 0.05) is 30.7 Å². The summed E-state index contributed by atoms with van der Waals surface area (Å²) < 4.78 is 5.67. The van der Waals surface area contributed by atoms with Crippen LogP contribution in [0.4, 0.5) is 23.1 Å². The van der Waals surface area contributed by atoms with Gasteiger partial charge in [-0.05, 0) is 96.0 Å². The third-order valence-electron chi connectivity index (χ3n) is 9.18. The van der Waals surface area contributed by atoms with Crippen molar-refractivity contribution in [2.45, 2.75) is 90.3 Å². The normalized spacial score (nSPS) is 23.1. The molecule has 3 heterocycles. The molecule has 2 aliphatic heterocycles. The third-order valence-corrected chi connectivity index (χ3v) is 9.18. The van der Waals surface area contributed by atoms with Crippen molar-refractivity contribution >= 4 is 35.0 Å². The minimum absolute atomic E-state index is 0.0575. The summed E-state index contributed by atoms with van der Waals surface area (Å²) in [5, 5.41) is 6.50. The van der Waals surface area contributed by atoms with Gasteiger partial charge >= 0.3 is 0 Å². The molecule has 1 saturated carbocycles. The summed E-state index contributed by atoms with van der Waals surface area (Å²) in [6.07, 6.45) is 9.15. The van der Waals surface area contributed by atoms with Crippen molar-refractivity contribution in [3.63, 3.8) is 0 Å². The Morgan fingerprint density at radius 1 is 1.14 bits per heavy atom. The number of aromatic nitrogens is 2. The Morgan fingerprint density at radius 3 is 2.52 bits per heavy atom. The Bertz CT molecular complexity index is 1280. The second-order valence-corrected chi connectivity index (χ2v) is 12.9. The number of anilines is 4. The first kappa shape index (κ1) is 30.1. The lowest BCUT2D eigenvalue weighted by Gasteiger charge is -2.49. The van der Waals surface area contributed by atoms with Gasteiger partial charge < -0.3 is 30.1 Å². The fourth-order valence-electron chi connectivity index (χ4n) is 6.80. The summed E-state index contributed by atoms with van der Waals surface area (Å²) in [6, 6.07) is 5.29. The highest BCUT2D eigenvalue weighted by Gasteiger charge is 2.44. The number of ether oxygens (including phenoxy) is 1. The molecule has 42 heavy (non-hydrogen) atoms. The highest BCUT2D eigenvalue weighted by molar-refractivity contribution is 6.04. The molecule has 0 unspecified atom stereocenters. The molecule has 1 aliphatic carbocycles. The Balaban J connectivity index is 1.40. The molecule has 2 amide bonds. The molecule has 2 aromatic rings. The van der Waals surface area contributed by atoms with Crippen LogP contribution in [0.2, 0.25) is 0 Å². The maximum Gasteiger partial charge on any atom is 0.251 e. The third kappa shape index (κ3) is 6.19. The zero-order valence-corrected chi connectivity index (χ0v) is 26.1. The molecule has 5 rings (SSSR count). The van der Waals surface area contributed by atoms with E-state index in [-0.39, 0.29) is 29.4 Å². The second kappa shape index (κ2) is 12.5. The van der Waals surface area contributed by atoms with Crippen LogP contribution >= 0.6 is 0 Å². The molecule has 3 aliphatic rings. The van der Waals surface area contributed by atoms with E-state index in [1.54, 1.807) is 37.4 Å². The molecular formula is C32H47N7O3. The van der Waals surface area contributed by atoms with Gasteiger partial charge in [-0.25, -0.2) is 4.98 Å². The van der Waals surface area contributed by atoms with Crippen molar-refractivity contribution in [1.82, 2.24) is 20.2 Å². The molecule has 10 heteroatoms. The molecule has 0 bridgehead atoms. The predicted molar refractivity (Wildman–Crippen MR) is 167 cm³/mol. The van der Waals surface area contributed by atoms with Crippen LogP contribution < -0.4 is 25.2 Å². The first-order valence-electron chi connectivity index (χ1n) is 15.5. The number of rotatable bonds is 9. The van der Waals surface area contributed by atoms with Gasteiger partial charge in [0.2, 0.25) is 11.9 Å². The lowest BCUT2D eigenvalue weighted by molar-refractivity contribution is -0.120. The maximum atomic E-state index is 13.5. The Morgan fingerprint density at radius 2 is 1.86 bits per heavy atom. The molecule has 0 radical (unpaired) electrons. The number of hydrogen-bond donors (Lipinski definition) is 2. The minimum Gasteiger partial charge on any atom is -0.495 e. The van der Waals surface area contributed by atoms with Gasteiger partial charge in [-0.15, -0.1) is 0 Å². The van der Waals surface area contributed by atoms with E-state index in [4.69, 9.17) is 9.72 Å². The number of carbonyl (C=O) groups excluding carboxylic acids is 2. The van der Waals surface area contributed by atoms with Crippen LogP contribution in [0.1, 0.15) is 83.0 Å². The molecule has 1 saturated heterocycles. The van der Waals surface area contributed by atoms with Crippen molar-refractivity contribution in [2.24, 2.45) is 5.92 Å². The van der Waals surface area contributed by atoms with Crippen LogP contribution in [0.15, 0.2) is 24.4 Å². The standard InChI is InChI=1S/C32H47N7O3/c1-7-25-30(41)37(5)26-19-33-31(36-28(26)39(25)32(3,4)20-38-16-8-9-17-38)35-24-15-12-22(18-27(24)42-6)29(40)34-23-13-10-21(2)11-14-23/h12,15,18-19,21,23,25H,7-11,13-14,16-17,20H2,1-6H3,(H,34,40)(H,33,35,36)/t21?,23?,25-/m1/s1. The van der Waals surface area contributed by atoms with Crippen molar-refractivity contribution in [3.05, 3.63) is 30.0 Å². The zero-order chi connectivity index (χ0) is 30.0. The fourth-order valence-corrected chi connectivity index (χ4v) is 6.80. The fraction of sp³-hybridized carbons (Fsp3) is 0.625. The molecular weight excluding hydrogens is 530 g/mol.